The van der Waals surface area contributed by atoms with Gasteiger partial charge in [-0.05, 0) is 0 Å². The first-order valence-corrected chi connectivity index (χ1v) is 5.28. The van der Waals surface area contributed by atoms with E-state index in [2.05, 4.69) is 35.9 Å². The van der Waals surface area contributed by atoms with Crippen LogP contribution in [0.3, 0.4) is 0 Å². The molecule has 0 saturated heterocycles. The van der Waals surface area contributed by atoms with E-state index in [0.29, 0.717) is 0 Å². The number of carbonyl (C=O) groups excluding carboxylic acids is 2. The second kappa shape index (κ2) is 7.41. The van der Waals surface area contributed by atoms with Gasteiger partial charge in [-0.3, -0.25) is 9.59 Å². The van der Waals surface area contributed by atoms with Gasteiger partial charge < -0.3 is 15.7 Å². The molecule has 0 heterocycles. The summed E-state index contributed by atoms with van der Waals surface area (Å²) in [4.78, 5) is 32.3. The number of thiol groups is 2. The molecule has 2 amide bonds. The van der Waals surface area contributed by atoms with E-state index in [1.807, 2.05) is 0 Å². The molecule has 0 aromatic rings. The Morgan fingerprint density at radius 2 is 1.67 bits per heavy atom. The second-order valence-electron chi connectivity index (χ2n) is 2.58. The number of hydrogen-bond acceptors (Lipinski definition) is 5. The average Bonchev–Trinajstić information content (AvgIpc) is 2.22. The zero-order chi connectivity index (χ0) is 11.8. The number of carboxylic acid groups (broad SMARTS) is 1. The normalized spacial score (nSPS) is 11.6. The number of carbonyl (C=O) groups is 3. The molecule has 15 heavy (non-hydrogen) atoms. The number of carboxylic acids is 1. The Bertz CT molecular complexity index is 259. The Balaban J connectivity index is 4.11. The highest BCUT2D eigenvalue weighted by atomic mass is 32.1. The molecule has 0 aromatic carbocycles. The summed E-state index contributed by atoms with van der Waals surface area (Å²) >= 11 is 7.38. The van der Waals surface area contributed by atoms with E-state index < -0.39 is 23.8 Å². The number of nitrogens with one attached hydrogen (secondary N) is 2. The highest BCUT2D eigenvalue weighted by Crippen LogP contribution is 1.85. The first-order valence-electron chi connectivity index (χ1n) is 4.01. The summed E-state index contributed by atoms with van der Waals surface area (Å²) in [6.45, 7) is -0.172. The standard InChI is InChI=1S/C7H12N2O4S2/c10-5(2-14)8-1-4(7(12)13)9-6(11)3-15/h4,14-15H,1-3H2,(H,8,10)(H,9,11)(H,12,13). The fraction of sp³-hybridized carbons (Fsp3) is 0.571. The Morgan fingerprint density at radius 3 is 2.07 bits per heavy atom. The summed E-state index contributed by atoms with van der Waals surface area (Å²) in [7, 11) is 0. The molecule has 86 valence electrons. The summed E-state index contributed by atoms with van der Waals surface area (Å²) in [5, 5.41) is 13.2. The largest absolute Gasteiger partial charge is 0.480 e. The number of aliphatic carboxylic acids is 1. The molecule has 0 radical (unpaired) electrons. The highest BCUT2D eigenvalue weighted by molar-refractivity contribution is 7.81. The third-order valence-electron chi connectivity index (χ3n) is 1.42. The van der Waals surface area contributed by atoms with Crippen LogP contribution in [0.25, 0.3) is 0 Å². The first-order chi connectivity index (χ1) is 7.01. The van der Waals surface area contributed by atoms with Gasteiger partial charge in [0.15, 0.2) is 0 Å². The summed E-state index contributed by atoms with van der Waals surface area (Å²) in [6.07, 6.45) is 0. The van der Waals surface area contributed by atoms with Crippen molar-refractivity contribution in [2.45, 2.75) is 6.04 Å². The monoisotopic (exact) mass is 252 g/mol. The minimum Gasteiger partial charge on any atom is -0.480 e. The van der Waals surface area contributed by atoms with Crippen molar-refractivity contribution < 1.29 is 19.5 Å². The fourth-order valence-electron chi connectivity index (χ4n) is 0.712. The van der Waals surface area contributed by atoms with Crippen molar-refractivity contribution in [1.82, 2.24) is 10.6 Å². The minimum atomic E-state index is -1.22. The lowest BCUT2D eigenvalue weighted by Crippen LogP contribution is -2.49. The van der Waals surface area contributed by atoms with Gasteiger partial charge in [-0.25, -0.2) is 4.79 Å². The van der Waals surface area contributed by atoms with Gasteiger partial charge in [0, 0.05) is 6.54 Å². The molecule has 0 aliphatic carbocycles. The van der Waals surface area contributed by atoms with Crippen LogP contribution < -0.4 is 10.6 Å². The van der Waals surface area contributed by atoms with Crippen LogP contribution in [-0.4, -0.2) is 47.0 Å². The Hall–Kier alpha value is -0.890. The van der Waals surface area contributed by atoms with Crippen LogP contribution in [0.4, 0.5) is 0 Å². The summed E-state index contributed by atoms with van der Waals surface area (Å²) in [5.74, 6) is -2.27. The van der Waals surface area contributed by atoms with Crippen molar-refractivity contribution in [2.24, 2.45) is 0 Å². The predicted octanol–water partition coefficient (Wildman–Crippen LogP) is -1.47. The predicted molar refractivity (Wildman–Crippen MR) is 60.3 cm³/mol. The van der Waals surface area contributed by atoms with E-state index in [9.17, 15) is 14.4 Å². The zero-order valence-corrected chi connectivity index (χ0v) is 9.55. The van der Waals surface area contributed by atoms with Gasteiger partial charge in [-0.2, -0.15) is 25.3 Å². The lowest BCUT2D eigenvalue weighted by Gasteiger charge is -2.14. The lowest BCUT2D eigenvalue weighted by molar-refractivity contribution is -0.141. The number of amides is 2. The molecule has 3 N–H and O–H groups in total. The first kappa shape index (κ1) is 14.1. The minimum absolute atomic E-state index is 0.0349. The maximum absolute atomic E-state index is 10.9. The molecule has 6 nitrogen and oxygen atoms in total. The van der Waals surface area contributed by atoms with Gasteiger partial charge in [-0.1, -0.05) is 0 Å². The van der Waals surface area contributed by atoms with Crippen molar-refractivity contribution in [3.8, 4) is 0 Å². The van der Waals surface area contributed by atoms with Crippen LogP contribution >= 0.6 is 25.3 Å². The lowest BCUT2D eigenvalue weighted by atomic mass is 10.3. The molecule has 0 bridgehead atoms. The van der Waals surface area contributed by atoms with Crippen molar-refractivity contribution in [2.75, 3.05) is 18.1 Å². The van der Waals surface area contributed by atoms with Crippen LogP contribution in [0.15, 0.2) is 0 Å². The molecule has 0 rings (SSSR count). The topological polar surface area (TPSA) is 95.5 Å². The molecule has 1 atom stereocenters. The quantitative estimate of drug-likeness (QED) is 0.373. The van der Waals surface area contributed by atoms with E-state index in [1.165, 1.54) is 0 Å². The summed E-state index contributed by atoms with van der Waals surface area (Å²) < 4.78 is 0. The van der Waals surface area contributed by atoms with E-state index in [0.717, 1.165) is 0 Å². The molecule has 0 spiro atoms. The van der Waals surface area contributed by atoms with Crippen LogP contribution in [-0.2, 0) is 14.4 Å². The second-order valence-corrected chi connectivity index (χ2v) is 3.21. The third kappa shape index (κ3) is 6.24. The maximum Gasteiger partial charge on any atom is 0.328 e. The van der Waals surface area contributed by atoms with Crippen molar-refractivity contribution in [1.29, 1.82) is 0 Å². The van der Waals surface area contributed by atoms with E-state index in [4.69, 9.17) is 5.11 Å². The Labute approximate surface area is 97.6 Å². The van der Waals surface area contributed by atoms with Gasteiger partial charge >= 0.3 is 5.97 Å². The van der Waals surface area contributed by atoms with Crippen LogP contribution in [0, 0.1) is 0 Å². The molecule has 8 heteroatoms. The van der Waals surface area contributed by atoms with Gasteiger partial charge in [0.2, 0.25) is 11.8 Å². The van der Waals surface area contributed by atoms with E-state index in [-0.39, 0.29) is 18.1 Å². The molecule has 0 fully saturated rings. The van der Waals surface area contributed by atoms with E-state index >= 15 is 0 Å². The summed E-state index contributed by atoms with van der Waals surface area (Å²) in [5.41, 5.74) is 0. The molecule has 0 aliphatic rings. The van der Waals surface area contributed by atoms with Gasteiger partial charge in [0.05, 0.1) is 11.5 Å². The molecule has 1 unspecified atom stereocenters. The van der Waals surface area contributed by atoms with Gasteiger partial charge in [0.25, 0.3) is 0 Å². The van der Waals surface area contributed by atoms with Crippen molar-refractivity contribution >= 4 is 43.0 Å². The van der Waals surface area contributed by atoms with Crippen molar-refractivity contribution in [3.05, 3.63) is 0 Å². The number of rotatable bonds is 6. The molecular formula is C7H12N2O4S2. The van der Waals surface area contributed by atoms with Gasteiger partial charge in [0.1, 0.15) is 6.04 Å². The zero-order valence-electron chi connectivity index (χ0n) is 7.77. The molecule has 0 aromatic heterocycles. The third-order valence-corrected chi connectivity index (χ3v) is 2.00. The Kier molecular flexibility index (Phi) is 6.97. The average molecular weight is 252 g/mol. The molecular weight excluding hydrogens is 240 g/mol. The smallest absolute Gasteiger partial charge is 0.328 e. The molecule has 0 aliphatic heterocycles. The Morgan fingerprint density at radius 1 is 1.13 bits per heavy atom. The fourth-order valence-corrected chi connectivity index (χ4v) is 0.915. The highest BCUT2D eigenvalue weighted by Gasteiger charge is 2.19. The molecule has 0 saturated carbocycles. The van der Waals surface area contributed by atoms with Gasteiger partial charge in [-0.15, -0.1) is 0 Å². The van der Waals surface area contributed by atoms with Crippen LogP contribution in [0.5, 0.6) is 0 Å². The number of hydrogen-bond donors (Lipinski definition) is 5. The van der Waals surface area contributed by atoms with Crippen LogP contribution in [0.2, 0.25) is 0 Å². The van der Waals surface area contributed by atoms with Crippen LogP contribution in [0.1, 0.15) is 0 Å². The van der Waals surface area contributed by atoms with E-state index in [1.54, 1.807) is 0 Å². The maximum atomic E-state index is 10.9. The van der Waals surface area contributed by atoms with Crippen molar-refractivity contribution in [3.63, 3.8) is 0 Å². The SMILES string of the molecule is O=C(CS)NCC(NC(=O)CS)C(=O)O. The summed E-state index contributed by atoms with van der Waals surface area (Å²) in [6, 6.07) is -1.14.